The van der Waals surface area contributed by atoms with Crippen molar-refractivity contribution in [1.82, 2.24) is 24.6 Å². The number of carbonyl (C=O) groups is 1. The second kappa shape index (κ2) is 6.25. The lowest BCUT2D eigenvalue weighted by atomic mass is 9.93. The number of likely N-dealkylation sites (tertiary alicyclic amines) is 1. The van der Waals surface area contributed by atoms with Gasteiger partial charge in [-0.15, -0.1) is 0 Å². The fraction of sp³-hybridized carbons (Fsp3) is 0.500. The maximum absolute atomic E-state index is 11.5. The molecule has 1 saturated heterocycles. The average molecular weight is 299 g/mol. The lowest BCUT2D eigenvalue weighted by Crippen LogP contribution is -2.39. The van der Waals surface area contributed by atoms with E-state index in [-0.39, 0.29) is 5.91 Å². The van der Waals surface area contributed by atoms with Gasteiger partial charge in [0.1, 0.15) is 5.69 Å². The number of nitrogens with zero attached hydrogens (tertiary/aromatic N) is 5. The number of piperidine rings is 1. The summed E-state index contributed by atoms with van der Waals surface area (Å²) in [6, 6.07) is 1.93. The van der Waals surface area contributed by atoms with E-state index in [1.165, 1.54) is 0 Å². The first-order valence-corrected chi connectivity index (χ1v) is 7.68. The van der Waals surface area contributed by atoms with Crippen LogP contribution < -0.4 is 0 Å². The molecule has 0 spiro atoms. The number of aryl methyl sites for hydroxylation is 1. The lowest BCUT2D eigenvalue weighted by molar-refractivity contribution is -0.130. The van der Waals surface area contributed by atoms with Gasteiger partial charge in [0, 0.05) is 39.5 Å². The minimum absolute atomic E-state index is 0.169. The molecule has 22 heavy (non-hydrogen) atoms. The molecule has 0 saturated carbocycles. The maximum Gasteiger partial charge on any atom is 0.219 e. The summed E-state index contributed by atoms with van der Waals surface area (Å²) in [5.74, 6) is 0.650. The molecule has 0 aromatic carbocycles. The van der Waals surface area contributed by atoms with Crippen molar-refractivity contribution in [2.75, 3.05) is 13.1 Å². The van der Waals surface area contributed by atoms with Crippen LogP contribution in [0.4, 0.5) is 0 Å². The van der Waals surface area contributed by atoms with Crippen LogP contribution in [0.2, 0.25) is 0 Å². The molecule has 1 aliphatic heterocycles. The van der Waals surface area contributed by atoms with Crippen molar-refractivity contribution in [1.29, 1.82) is 0 Å². The second-order valence-electron chi connectivity index (χ2n) is 5.91. The highest BCUT2D eigenvalue weighted by atomic mass is 16.2. The van der Waals surface area contributed by atoms with Crippen LogP contribution in [0.15, 0.2) is 24.7 Å². The summed E-state index contributed by atoms with van der Waals surface area (Å²) in [6.07, 6.45) is 8.50. The van der Waals surface area contributed by atoms with Crippen molar-refractivity contribution in [3.05, 3.63) is 30.4 Å². The Morgan fingerprint density at radius 2 is 2.23 bits per heavy atom. The molecule has 1 aliphatic rings. The molecule has 1 amide bonds. The third-order valence-corrected chi connectivity index (χ3v) is 4.25. The minimum atomic E-state index is 0.169. The Balaban J connectivity index is 1.66. The molecule has 116 valence electrons. The van der Waals surface area contributed by atoms with E-state index in [1.54, 1.807) is 24.0 Å². The number of hydrogen-bond acceptors (Lipinski definition) is 4. The van der Waals surface area contributed by atoms with Crippen LogP contribution in [0, 0.1) is 5.92 Å². The zero-order valence-corrected chi connectivity index (χ0v) is 13.1. The summed E-state index contributed by atoms with van der Waals surface area (Å²) < 4.78 is 1.79. The van der Waals surface area contributed by atoms with Gasteiger partial charge >= 0.3 is 0 Å². The van der Waals surface area contributed by atoms with E-state index >= 15 is 0 Å². The smallest absolute Gasteiger partial charge is 0.219 e. The fourth-order valence-electron chi connectivity index (χ4n) is 3.03. The van der Waals surface area contributed by atoms with Crippen molar-refractivity contribution in [2.24, 2.45) is 13.0 Å². The van der Waals surface area contributed by atoms with Crippen LogP contribution in [0.1, 0.15) is 25.5 Å². The predicted octanol–water partition coefficient (Wildman–Crippen LogP) is 1.68. The number of carbonyl (C=O) groups excluding carboxylic acids is 1. The molecule has 2 aromatic heterocycles. The van der Waals surface area contributed by atoms with Gasteiger partial charge in [-0.1, -0.05) is 0 Å². The summed E-state index contributed by atoms with van der Waals surface area (Å²) in [4.78, 5) is 22.5. The molecule has 6 nitrogen and oxygen atoms in total. The molecule has 0 radical (unpaired) electrons. The Labute approximate surface area is 130 Å². The van der Waals surface area contributed by atoms with Crippen molar-refractivity contribution in [3.8, 4) is 11.4 Å². The minimum Gasteiger partial charge on any atom is -0.343 e. The number of aromatic nitrogens is 4. The van der Waals surface area contributed by atoms with Gasteiger partial charge < -0.3 is 4.90 Å². The fourth-order valence-corrected chi connectivity index (χ4v) is 3.03. The Morgan fingerprint density at radius 1 is 1.36 bits per heavy atom. The first-order valence-electron chi connectivity index (χ1n) is 7.68. The zero-order chi connectivity index (χ0) is 15.5. The van der Waals surface area contributed by atoms with Gasteiger partial charge in [0.15, 0.2) is 0 Å². The van der Waals surface area contributed by atoms with Crippen molar-refractivity contribution in [3.63, 3.8) is 0 Å². The van der Waals surface area contributed by atoms with Gasteiger partial charge in [-0.3, -0.25) is 19.4 Å². The van der Waals surface area contributed by atoms with Gasteiger partial charge in [0.25, 0.3) is 0 Å². The summed E-state index contributed by atoms with van der Waals surface area (Å²) in [5, 5.41) is 4.15. The maximum atomic E-state index is 11.5. The topological polar surface area (TPSA) is 63.9 Å². The Hall–Kier alpha value is -2.24. The Bertz CT molecular complexity index is 649. The van der Waals surface area contributed by atoms with Gasteiger partial charge in [0.05, 0.1) is 17.6 Å². The van der Waals surface area contributed by atoms with Crippen LogP contribution in [0.25, 0.3) is 11.4 Å². The first kappa shape index (κ1) is 14.7. The Kier molecular flexibility index (Phi) is 4.18. The summed E-state index contributed by atoms with van der Waals surface area (Å²) in [7, 11) is 1.89. The van der Waals surface area contributed by atoms with E-state index in [0.29, 0.717) is 5.92 Å². The van der Waals surface area contributed by atoms with E-state index in [1.807, 2.05) is 24.2 Å². The molecule has 2 aromatic rings. The van der Waals surface area contributed by atoms with Gasteiger partial charge in [0.2, 0.25) is 5.91 Å². The Morgan fingerprint density at radius 3 is 2.86 bits per heavy atom. The number of amides is 1. The van der Waals surface area contributed by atoms with Crippen LogP contribution in [0.3, 0.4) is 0 Å². The molecule has 0 N–H and O–H groups in total. The monoisotopic (exact) mass is 299 g/mol. The standard InChI is InChI=1S/C16H21N5O/c1-12(22)21-7-3-4-13(11-21)8-14-9-18-15(10-17-14)16-5-6-19-20(16)2/h5-6,9-10,13H,3-4,7-8,11H2,1-2H3/t13-/m1/s1. The van der Waals surface area contributed by atoms with Gasteiger partial charge in [-0.05, 0) is 31.2 Å². The highest BCUT2D eigenvalue weighted by Gasteiger charge is 2.22. The zero-order valence-electron chi connectivity index (χ0n) is 13.1. The quantitative estimate of drug-likeness (QED) is 0.865. The molecule has 6 heteroatoms. The summed E-state index contributed by atoms with van der Waals surface area (Å²) in [6.45, 7) is 3.36. The molecule has 3 rings (SSSR count). The lowest BCUT2D eigenvalue weighted by Gasteiger charge is -2.31. The molecule has 1 atom stereocenters. The normalized spacial score (nSPS) is 18.5. The molecule has 1 fully saturated rings. The highest BCUT2D eigenvalue weighted by Crippen LogP contribution is 2.21. The third-order valence-electron chi connectivity index (χ3n) is 4.25. The molecule has 0 aliphatic carbocycles. The van der Waals surface area contributed by atoms with E-state index < -0.39 is 0 Å². The van der Waals surface area contributed by atoms with Crippen LogP contribution in [-0.2, 0) is 18.3 Å². The SMILES string of the molecule is CC(=O)N1CCC[C@H](Cc2cnc(-c3ccnn3C)cn2)C1. The van der Waals surface area contributed by atoms with Gasteiger partial charge in [-0.25, -0.2) is 0 Å². The van der Waals surface area contributed by atoms with E-state index in [4.69, 9.17) is 0 Å². The number of rotatable bonds is 3. The molecular weight excluding hydrogens is 278 g/mol. The van der Waals surface area contributed by atoms with Crippen LogP contribution in [0.5, 0.6) is 0 Å². The first-order chi connectivity index (χ1) is 10.6. The van der Waals surface area contributed by atoms with E-state index in [2.05, 4.69) is 15.1 Å². The molecular formula is C16H21N5O. The molecule has 0 bridgehead atoms. The van der Waals surface area contributed by atoms with Crippen molar-refractivity contribution in [2.45, 2.75) is 26.2 Å². The second-order valence-corrected chi connectivity index (χ2v) is 5.91. The van der Waals surface area contributed by atoms with E-state index in [9.17, 15) is 4.79 Å². The van der Waals surface area contributed by atoms with Crippen molar-refractivity contribution < 1.29 is 4.79 Å². The van der Waals surface area contributed by atoms with Crippen LogP contribution >= 0.6 is 0 Å². The molecule has 0 unspecified atom stereocenters. The van der Waals surface area contributed by atoms with Crippen LogP contribution in [-0.4, -0.2) is 43.6 Å². The third kappa shape index (κ3) is 3.16. The summed E-state index contributed by atoms with van der Waals surface area (Å²) >= 11 is 0. The highest BCUT2D eigenvalue weighted by molar-refractivity contribution is 5.73. The summed E-state index contributed by atoms with van der Waals surface area (Å²) in [5.41, 5.74) is 2.78. The average Bonchev–Trinajstić information content (AvgIpc) is 2.94. The van der Waals surface area contributed by atoms with Gasteiger partial charge in [-0.2, -0.15) is 5.10 Å². The molecule has 3 heterocycles. The van der Waals surface area contributed by atoms with E-state index in [0.717, 1.165) is 49.4 Å². The number of hydrogen-bond donors (Lipinski definition) is 0. The predicted molar refractivity (Wildman–Crippen MR) is 82.9 cm³/mol. The van der Waals surface area contributed by atoms with Crippen molar-refractivity contribution >= 4 is 5.91 Å². The largest absolute Gasteiger partial charge is 0.343 e.